The lowest BCUT2D eigenvalue weighted by molar-refractivity contribution is 0.197. The maximum absolute atomic E-state index is 10.8. The molecule has 114 valence electrons. The van der Waals surface area contributed by atoms with Crippen LogP contribution in [0.1, 0.15) is 36.3 Å². The summed E-state index contributed by atoms with van der Waals surface area (Å²) in [4.78, 5) is 0. The second kappa shape index (κ2) is 6.63. The van der Waals surface area contributed by atoms with E-state index in [1.807, 2.05) is 25.1 Å². The molecule has 1 aromatic carbocycles. The van der Waals surface area contributed by atoms with Gasteiger partial charge in [0.25, 0.3) is 0 Å². The van der Waals surface area contributed by atoms with Crippen molar-refractivity contribution >= 4 is 0 Å². The van der Waals surface area contributed by atoms with E-state index in [2.05, 4.69) is 12.0 Å². The standard InChI is InChI=1S/C16H22N2O3/c1-5-8-18-15(14(21-4)10-17-18)16(19)12-9-11(2)6-7-13(12)20-3/h6-7,9-10,16,19H,5,8H2,1-4H3. The summed E-state index contributed by atoms with van der Waals surface area (Å²) in [5, 5.41) is 15.1. The van der Waals surface area contributed by atoms with Crippen LogP contribution in [0.2, 0.25) is 0 Å². The van der Waals surface area contributed by atoms with Gasteiger partial charge < -0.3 is 14.6 Å². The number of nitrogens with zero attached hydrogens (tertiary/aromatic N) is 2. The number of aromatic nitrogens is 2. The summed E-state index contributed by atoms with van der Waals surface area (Å²) in [7, 11) is 3.18. The molecule has 2 aromatic rings. The Morgan fingerprint density at radius 2 is 1.95 bits per heavy atom. The quantitative estimate of drug-likeness (QED) is 0.888. The second-order valence-electron chi connectivity index (χ2n) is 4.97. The second-order valence-corrected chi connectivity index (χ2v) is 4.97. The molecule has 0 fully saturated rings. The molecule has 0 aliphatic rings. The molecule has 0 aliphatic heterocycles. The SMILES string of the molecule is CCCn1ncc(OC)c1C(O)c1cc(C)ccc1OC. The zero-order chi connectivity index (χ0) is 15.4. The fourth-order valence-electron chi connectivity index (χ4n) is 2.42. The Balaban J connectivity index is 2.51. The lowest BCUT2D eigenvalue weighted by Crippen LogP contribution is -2.12. The first-order chi connectivity index (χ1) is 10.1. The number of aliphatic hydroxyl groups is 1. The zero-order valence-electron chi connectivity index (χ0n) is 13.0. The first-order valence-corrected chi connectivity index (χ1v) is 7.04. The minimum absolute atomic E-state index is 0.583. The Labute approximate surface area is 125 Å². The highest BCUT2D eigenvalue weighted by Crippen LogP contribution is 2.35. The Morgan fingerprint density at radius 1 is 1.24 bits per heavy atom. The molecule has 1 N–H and O–H groups in total. The average molecular weight is 290 g/mol. The van der Waals surface area contributed by atoms with Gasteiger partial charge in [0.15, 0.2) is 5.75 Å². The van der Waals surface area contributed by atoms with Crippen LogP contribution in [-0.4, -0.2) is 29.1 Å². The van der Waals surface area contributed by atoms with E-state index in [0.29, 0.717) is 22.8 Å². The molecular weight excluding hydrogens is 268 g/mol. The van der Waals surface area contributed by atoms with Crippen LogP contribution in [0.25, 0.3) is 0 Å². The normalized spacial score (nSPS) is 12.2. The fourth-order valence-corrected chi connectivity index (χ4v) is 2.42. The molecule has 0 aliphatic carbocycles. The monoisotopic (exact) mass is 290 g/mol. The predicted molar refractivity (Wildman–Crippen MR) is 80.9 cm³/mol. The molecule has 0 amide bonds. The first-order valence-electron chi connectivity index (χ1n) is 7.04. The van der Waals surface area contributed by atoms with Gasteiger partial charge in [-0.15, -0.1) is 0 Å². The third-order valence-electron chi connectivity index (χ3n) is 3.44. The van der Waals surface area contributed by atoms with Gasteiger partial charge in [0.2, 0.25) is 0 Å². The predicted octanol–water partition coefficient (Wildman–Crippen LogP) is 2.70. The highest BCUT2D eigenvalue weighted by Gasteiger charge is 2.24. The van der Waals surface area contributed by atoms with Crippen molar-refractivity contribution in [3.63, 3.8) is 0 Å². The van der Waals surface area contributed by atoms with Crippen LogP contribution >= 0.6 is 0 Å². The molecule has 1 atom stereocenters. The van der Waals surface area contributed by atoms with Gasteiger partial charge in [0, 0.05) is 12.1 Å². The minimum Gasteiger partial charge on any atom is -0.496 e. The summed E-state index contributed by atoms with van der Waals surface area (Å²) in [5.41, 5.74) is 2.43. The van der Waals surface area contributed by atoms with E-state index < -0.39 is 6.10 Å². The van der Waals surface area contributed by atoms with Crippen LogP contribution in [0.4, 0.5) is 0 Å². The topological polar surface area (TPSA) is 56.5 Å². The van der Waals surface area contributed by atoms with Crippen LogP contribution in [0.3, 0.4) is 0 Å². The number of aliphatic hydroxyl groups excluding tert-OH is 1. The van der Waals surface area contributed by atoms with Gasteiger partial charge in [0.1, 0.15) is 17.5 Å². The minimum atomic E-state index is -0.844. The summed E-state index contributed by atoms with van der Waals surface area (Å²) in [6.07, 6.45) is 1.72. The van der Waals surface area contributed by atoms with E-state index in [-0.39, 0.29) is 0 Å². The Morgan fingerprint density at radius 3 is 2.57 bits per heavy atom. The molecule has 5 heteroatoms. The lowest BCUT2D eigenvalue weighted by Gasteiger charge is -2.18. The maximum Gasteiger partial charge on any atom is 0.163 e. The molecule has 0 spiro atoms. The van der Waals surface area contributed by atoms with Crippen molar-refractivity contribution in [3.05, 3.63) is 41.2 Å². The van der Waals surface area contributed by atoms with Crippen LogP contribution in [0.5, 0.6) is 11.5 Å². The third kappa shape index (κ3) is 3.03. The highest BCUT2D eigenvalue weighted by atomic mass is 16.5. The highest BCUT2D eigenvalue weighted by molar-refractivity contribution is 5.44. The van der Waals surface area contributed by atoms with Gasteiger partial charge in [-0.25, -0.2) is 0 Å². The van der Waals surface area contributed by atoms with Gasteiger partial charge in [-0.3, -0.25) is 4.68 Å². The summed E-state index contributed by atoms with van der Waals surface area (Å²) in [5.74, 6) is 1.24. The molecule has 1 aromatic heterocycles. The van der Waals surface area contributed by atoms with Crippen LogP contribution in [-0.2, 0) is 6.54 Å². The van der Waals surface area contributed by atoms with Crippen molar-refractivity contribution in [2.24, 2.45) is 0 Å². The van der Waals surface area contributed by atoms with Gasteiger partial charge in [-0.2, -0.15) is 5.10 Å². The van der Waals surface area contributed by atoms with E-state index in [9.17, 15) is 5.11 Å². The molecule has 0 saturated heterocycles. The summed E-state index contributed by atoms with van der Waals surface area (Å²) < 4.78 is 12.5. The van der Waals surface area contributed by atoms with Gasteiger partial charge >= 0.3 is 0 Å². The van der Waals surface area contributed by atoms with Crippen LogP contribution in [0.15, 0.2) is 24.4 Å². The molecule has 0 radical (unpaired) electrons. The number of ether oxygens (including phenoxy) is 2. The number of methoxy groups -OCH3 is 2. The van der Waals surface area contributed by atoms with Crippen molar-refractivity contribution < 1.29 is 14.6 Å². The van der Waals surface area contributed by atoms with Crippen LogP contribution in [0, 0.1) is 6.92 Å². The smallest absolute Gasteiger partial charge is 0.163 e. The molecule has 2 rings (SSSR count). The van der Waals surface area contributed by atoms with Gasteiger partial charge in [-0.1, -0.05) is 18.6 Å². The Hall–Kier alpha value is -2.01. The summed E-state index contributed by atoms with van der Waals surface area (Å²) in [6.45, 7) is 4.78. The van der Waals surface area contributed by atoms with E-state index in [1.165, 1.54) is 0 Å². The van der Waals surface area contributed by atoms with E-state index in [4.69, 9.17) is 9.47 Å². The van der Waals surface area contributed by atoms with E-state index >= 15 is 0 Å². The maximum atomic E-state index is 10.8. The van der Waals surface area contributed by atoms with Crippen molar-refractivity contribution in [2.45, 2.75) is 32.9 Å². The number of aryl methyl sites for hydroxylation is 2. The van der Waals surface area contributed by atoms with Crippen molar-refractivity contribution in [1.82, 2.24) is 9.78 Å². The van der Waals surface area contributed by atoms with Crippen molar-refractivity contribution in [2.75, 3.05) is 14.2 Å². The van der Waals surface area contributed by atoms with Gasteiger partial charge in [0.05, 0.1) is 20.4 Å². The number of hydrogen-bond acceptors (Lipinski definition) is 4. The molecule has 1 unspecified atom stereocenters. The Kier molecular flexibility index (Phi) is 4.85. The summed E-state index contributed by atoms with van der Waals surface area (Å²) in [6, 6.07) is 5.74. The largest absolute Gasteiger partial charge is 0.496 e. The molecular formula is C16H22N2O3. The molecule has 0 bridgehead atoms. The third-order valence-corrected chi connectivity index (χ3v) is 3.44. The molecule has 21 heavy (non-hydrogen) atoms. The van der Waals surface area contributed by atoms with Crippen molar-refractivity contribution in [1.29, 1.82) is 0 Å². The fraction of sp³-hybridized carbons (Fsp3) is 0.438. The average Bonchev–Trinajstić information content (AvgIpc) is 2.89. The lowest BCUT2D eigenvalue weighted by atomic mass is 10.0. The molecule has 1 heterocycles. The zero-order valence-corrected chi connectivity index (χ0v) is 13.0. The summed E-state index contributed by atoms with van der Waals surface area (Å²) >= 11 is 0. The number of rotatable bonds is 6. The van der Waals surface area contributed by atoms with Crippen molar-refractivity contribution in [3.8, 4) is 11.5 Å². The Bertz CT molecular complexity index is 608. The van der Waals surface area contributed by atoms with Gasteiger partial charge in [-0.05, 0) is 25.5 Å². The van der Waals surface area contributed by atoms with E-state index in [1.54, 1.807) is 25.1 Å². The van der Waals surface area contributed by atoms with E-state index in [0.717, 1.165) is 18.5 Å². The van der Waals surface area contributed by atoms with Crippen LogP contribution < -0.4 is 9.47 Å². The number of benzene rings is 1. The molecule has 0 saturated carbocycles. The molecule has 5 nitrogen and oxygen atoms in total. The first kappa shape index (κ1) is 15.4. The number of hydrogen-bond donors (Lipinski definition) is 1.